The van der Waals surface area contributed by atoms with Gasteiger partial charge in [0, 0.05) is 0 Å². The number of rotatable bonds is 5. The van der Waals surface area contributed by atoms with E-state index < -0.39 is 5.54 Å². The molecule has 0 spiro atoms. The summed E-state index contributed by atoms with van der Waals surface area (Å²) in [5.74, 6) is 1.57. The Balaban J connectivity index is 2.85. The zero-order valence-corrected chi connectivity index (χ0v) is 10.5. The lowest BCUT2D eigenvalue weighted by atomic mass is 9.95. The van der Waals surface area contributed by atoms with Crippen LogP contribution in [0.2, 0.25) is 0 Å². The van der Waals surface area contributed by atoms with E-state index in [9.17, 15) is 0 Å². The summed E-state index contributed by atoms with van der Waals surface area (Å²) < 4.78 is 10.4. The quantitative estimate of drug-likeness (QED) is 0.844. The maximum atomic E-state index is 8.87. The van der Waals surface area contributed by atoms with E-state index in [1.54, 1.807) is 21.1 Å². The van der Waals surface area contributed by atoms with Gasteiger partial charge in [-0.2, -0.15) is 5.26 Å². The molecule has 0 bridgehead atoms. The van der Waals surface area contributed by atoms with Crippen LogP contribution >= 0.6 is 0 Å². The number of hydrogen-bond acceptors (Lipinski definition) is 4. The molecule has 92 valence electrons. The van der Waals surface area contributed by atoms with Crippen LogP contribution in [0.3, 0.4) is 0 Å². The van der Waals surface area contributed by atoms with Crippen LogP contribution in [-0.4, -0.2) is 19.8 Å². The van der Waals surface area contributed by atoms with E-state index >= 15 is 0 Å². The smallest absolute Gasteiger partial charge is 0.122 e. The third-order valence-electron chi connectivity index (χ3n) is 2.66. The third-order valence-corrected chi connectivity index (χ3v) is 2.66. The number of ether oxygens (including phenoxy) is 2. The molecule has 0 saturated carbocycles. The number of nitriles is 1. The van der Waals surface area contributed by atoms with Crippen molar-refractivity contribution in [3.05, 3.63) is 23.8 Å². The van der Waals surface area contributed by atoms with Crippen LogP contribution in [0.25, 0.3) is 0 Å². The molecule has 0 aliphatic rings. The second kappa shape index (κ2) is 5.55. The maximum absolute atomic E-state index is 8.87. The third kappa shape index (κ3) is 3.65. The number of benzene rings is 1. The Morgan fingerprint density at radius 1 is 1.35 bits per heavy atom. The van der Waals surface area contributed by atoms with E-state index in [-0.39, 0.29) is 0 Å². The normalized spacial score (nSPS) is 13.6. The zero-order valence-electron chi connectivity index (χ0n) is 10.5. The molecule has 0 fully saturated rings. The highest BCUT2D eigenvalue weighted by molar-refractivity contribution is 5.40. The number of hydrogen-bond donors (Lipinski definition) is 1. The summed E-state index contributed by atoms with van der Waals surface area (Å²) in [6, 6.07) is 7.69. The van der Waals surface area contributed by atoms with Gasteiger partial charge in [-0.1, -0.05) is 0 Å². The molecule has 0 aromatic heterocycles. The molecule has 0 saturated heterocycles. The van der Waals surface area contributed by atoms with Gasteiger partial charge in [0.05, 0.1) is 20.3 Å². The number of nitrogens with two attached hydrogens (primary N) is 1. The van der Waals surface area contributed by atoms with Crippen LogP contribution in [0.1, 0.15) is 18.9 Å². The molecule has 1 aromatic rings. The highest BCUT2D eigenvalue weighted by Gasteiger charge is 2.18. The van der Waals surface area contributed by atoms with Gasteiger partial charge in [-0.15, -0.1) is 0 Å². The summed E-state index contributed by atoms with van der Waals surface area (Å²) in [5, 5.41) is 8.87. The van der Waals surface area contributed by atoms with Crippen molar-refractivity contribution >= 4 is 0 Å². The molecule has 4 nitrogen and oxygen atoms in total. The molecule has 0 radical (unpaired) electrons. The Labute approximate surface area is 102 Å². The van der Waals surface area contributed by atoms with Crippen LogP contribution in [-0.2, 0) is 6.42 Å². The van der Waals surface area contributed by atoms with E-state index in [2.05, 4.69) is 6.07 Å². The monoisotopic (exact) mass is 234 g/mol. The Kier molecular flexibility index (Phi) is 4.36. The van der Waals surface area contributed by atoms with Crippen molar-refractivity contribution < 1.29 is 9.47 Å². The average Bonchev–Trinajstić information content (AvgIpc) is 2.36. The minimum atomic E-state index is -0.811. The van der Waals surface area contributed by atoms with Crippen molar-refractivity contribution in [3.63, 3.8) is 0 Å². The van der Waals surface area contributed by atoms with Gasteiger partial charge in [-0.3, -0.25) is 0 Å². The van der Waals surface area contributed by atoms with Crippen LogP contribution in [0.4, 0.5) is 0 Å². The average molecular weight is 234 g/mol. The summed E-state index contributed by atoms with van der Waals surface area (Å²) in [4.78, 5) is 0. The molecule has 2 N–H and O–H groups in total. The fourth-order valence-electron chi connectivity index (χ4n) is 1.53. The van der Waals surface area contributed by atoms with Crippen molar-refractivity contribution in [1.82, 2.24) is 0 Å². The van der Waals surface area contributed by atoms with Gasteiger partial charge in [-0.25, -0.2) is 0 Å². The van der Waals surface area contributed by atoms with Crippen molar-refractivity contribution in [2.75, 3.05) is 14.2 Å². The molecule has 0 amide bonds. The SMILES string of the molecule is COc1ccc(OC)c(CCC(C)(N)C#N)c1. The maximum Gasteiger partial charge on any atom is 0.122 e. The van der Waals surface area contributed by atoms with Crippen molar-refractivity contribution in [3.8, 4) is 17.6 Å². The second-order valence-electron chi connectivity index (χ2n) is 4.21. The fourth-order valence-corrected chi connectivity index (χ4v) is 1.53. The summed E-state index contributed by atoms with van der Waals surface area (Å²) in [6.45, 7) is 1.72. The van der Waals surface area contributed by atoms with Gasteiger partial charge in [0.1, 0.15) is 17.0 Å². The van der Waals surface area contributed by atoms with Crippen LogP contribution < -0.4 is 15.2 Å². The fraction of sp³-hybridized carbons (Fsp3) is 0.462. The molecule has 1 atom stereocenters. The van der Waals surface area contributed by atoms with E-state index in [1.165, 1.54) is 0 Å². The van der Waals surface area contributed by atoms with E-state index in [4.69, 9.17) is 20.5 Å². The van der Waals surface area contributed by atoms with Gasteiger partial charge in [0.15, 0.2) is 0 Å². The minimum absolute atomic E-state index is 0.576. The Bertz CT molecular complexity index is 422. The van der Waals surface area contributed by atoms with Gasteiger partial charge in [0.2, 0.25) is 0 Å². The van der Waals surface area contributed by atoms with E-state index in [1.807, 2.05) is 18.2 Å². The molecule has 1 unspecified atom stereocenters. The summed E-state index contributed by atoms with van der Waals surface area (Å²) in [5.41, 5.74) is 5.98. The van der Waals surface area contributed by atoms with Gasteiger partial charge in [0.25, 0.3) is 0 Å². The lowest BCUT2D eigenvalue weighted by molar-refractivity contribution is 0.396. The van der Waals surface area contributed by atoms with Gasteiger partial charge >= 0.3 is 0 Å². The highest BCUT2D eigenvalue weighted by Crippen LogP contribution is 2.26. The van der Waals surface area contributed by atoms with Crippen molar-refractivity contribution in [2.45, 2.75) is 25.3 Å². The zero-order chi connectivity index (χ0) is 12.9. The molecule has 0 aliphatic carbocycles. The minimum Gasteiger partial charge on any atom is -0.497 e. The number of aryl methyl sites for hydroxylation is 1. The summed E-state index contributed by atoms with van der Waals surface area (Å²) in [6.07, 6.45) is 1.26. The Morgan fingerprint density at radius 2 is 2.06 bits per heavy atom. The Hall–Kier alpha value is -1.73. The topological polar surface area (TPSA) is 68.3 Å². The molecule has 1 rings (SSSR count). The molecular weight excluding hydrogens is 216 g/mol. The molecular formula is C13H18N2O2. The molecule has 0 aliphatic heterocycles. The predicted molar refractivity (Wildman–Crippen MR) is 66.1 cm³/mol. The first-order valence-corrected chi connectivity index (χ1v) is 5.43. The van der Waals surface area contributed by atoms with Crippen LogP contribution in [0.5, 0.6) is 11.5 Å². The molecule has 4 heteroatoms. The van der Waals surface area contributed by atoms with Crippen molar-refractivity contribution in [2.24, 2.45) is 5.73 Å². The number of methoxy groups -OCH3 is 2. The lowest BCUT2D eigenvalue weighted by Crippen LogP contribution is -2.34. The standard InChI is InChI=1S/C13H18N2O2/c1-13(15,9-14)7-6-10-8-11(16-2)4-5-12(10)17-3/h4-5,8H,6-7,15H2,1-3H3. The number of nitrogens with zero attached hydrogens (tertiary/aromatic N) is 1. The van der Waals surface area contributed by atoms with Gasteiger partial charge in [-0.05, 0) is 43.5 Å². The second-order valence-corrected chi connectivity index (χ2v) is 4.21. The first-order chi connectivity index (χ1) is 8.02. The van der Waals surface area contributed by atoms with Crippen LogP contribution in [0.15, 0.2) is 18.2 Å². The van der Waals surface area contributed by atoms with Crippen molar-refractivity contribution in [1.29, 1.82) is 5.26 Å². The largest absolute Gasteiger partial charge is 0.497 e. The lowest BCUT2D eigenvalue weighted by Gasteiger charge is -2.16. The molecule has 17 heavy (non-hydrogen) atoms. The first-order valence-electron chi connectivity index (χ1n) is 5.43. The molecule has 1 aromatic carbocycles. The van der Waals surface area contributed by atoms with E-state index in [0.717, 1.165) is 17.1 Å². The highest BCUT2D eigenvalue weighted by atomic mass is 16.5. The molecule has 0 heterocycles. The van der Waals surface area contributed by atoms with Gasteiger partial charge < -0.3 is 15.2 Å². The Morgan fingerprint density at radius 3 is 2.59 bits per heavy atom. The van der Waals surface area contributed by atoms with E-state index in [0.29, 0.717) is 12.8 Å². The first kappa shape index (κ1) is 13.3. The van der Waals surface area contributed by atoms with Crippen LogP contribution in [0, 0.1) is 11.3 Å². The summed E-state index contributed by atoms with van der Waals surface area (Å²) in [7, 11) is 3.24. The predicted octanol–water partition coefficient (Wildman–Crippen LogP) is 1.88. The summed E-state index contributed by atoms with van der Waals surface area (Å²) >= 11 is 0.